The molecule has 0 fully saturated rings. The normalized spacial score (nSPS) is 12.2. The van der Waals surface area contributed by atoms with Gasteiger partial charge >= 0.3 is 5.97 Å². The first kappa shape index (κ1) is 15.2. The van der Waals surface area contributed by atoms with Crippen molar-refractivity contribution in [2.24, 2.45) is 5.92 Å². The first-order valence-corrected chi connectivity index (χ1v) is 6.54. The van der Waals surface area contributed by atoms with Crippen LogP contribution in [0.15, 0.2) is 30.3 Å². The molecule has 1 rings (SSSR count). The topological polar surface area (TPSA) is 66.4 Å². The number of amides is 1. The standard InChI is InChI=1S/C15H21NO3/c1-11(2)13(12-6-4-3-5-7-12)10-14(17)16-9-8-15(18)19/h3-7,11,13H,8-10H2,1-2H3,(H,16,17)(H,18,19). The maximum Gasteiger partial charge on any atom is 0.305 e. The molecule has 0 aromatic heterocycles. The second kappa shape index (κ2) is 7.56. The van der Waals surface area contributed by atoms with E-state index in [4.69, 9.17) is 5.11 Å². The molecule has 0 saturated carbocycles. The van der Waals surface area contributed by atoms with E-state index >= 15 is 0 Å². The zero-order chi connectivity index (χ0) is 14.3. The molecule has 2 N–H and O–H groups in total. The number of hydrogen-bond acceptors (Lipinski definition) is 2. The summed E-state index contributed by atoms with van der Waals surface area (Å²) in [5, 5.41) is 11.2. The molecule has 0 spiro atoms. The van der Waals surface area contributed by atoms with E-state index in [0.29, 0.717) is 12.3 Å². The van der Waals surface area contributed by atoms with Crippen LogP contribution in [0.3, 0.4) is 0 Å². The summed E-state index contributed by atoms with van der Waals surface area (Å²) < 4.78 is 0. The zero-order valence-corrected chi connectivity index (χ0v) is 11.4. The average molecular weight is 263 g/mol. The summed E-state index contributed by atoms with van der Waals surface area (Å²) in [6.45, 7) is 4.36. The van der Waals surface area contributed by atoms with Crippen molar-refractivity contribution in [3.63, 3.8) is 0 Å². The lowest BCUT2D eigenvalue weighted by atomic mass is 9.85. The van der Waals surface area contributed by atoms with E-state index in [1.54, 1.807) is 0 Å². The number of nitrogens with one attached hydrogen (secondary N) is 1. The Morgan fingerprint density at radius 2 is 1.84 bits per heavy atom. The van der Waals surface area contributed by atoms with E-state index in [1.165, 1.54) is 0 Å². The summed E-state index contributed by atoms with van der Waals surface area (Å²) in [6, 6.07) is 9.93. The van der Waals surface area contributed by atoms with Gasteiger partial charge < -0.3 is 10.4 Å². The maximum absolute atomic E-state index is 11.8. The molecule has 0 saturated heterocycles. The Bertz CT molecular complexity index is 415. The lowest BCUT2D eigenvalue weighted by molar-refractivity contribution is -0.136. The smallest absolute Gasteiger partial charge is 0.305 e. The molecule has 0 heterocycles. The molecule has 1 aromatic carbocycles. The van der Waals surface area contributed by atoms with E-state index < -0.39 is 5.97 Å². The van der Waals surface area contributed by atoms with Crippen LogP contribution in [0.5, 0.6) is 0 Å². The van der Waals surface area contributed by atoms with Crippen LogP contribution in [0.1, 0.15) is 38.2 Å². The van der Waals surface area contributed by atoms with E-state index in [1.807, 2.05) is 30.3 Å². The Labute approximate surface area is 113 Å². The highest BCUT2D eigenvalue weighted by atomic mass is 16.4. The summed E-state index contributed by atoms with van der Waals surface area (Å²) in [5.74, 6) is -0.480. The van der Waals surface area contributed by atoms with Crippen LogP contribution in [0.4, 0.5) is 0 Å². The van der Waals surface area contributed by atoms with Crippen LogP contribution in [-0.2, 0) is 9.59 Å². The zero-order valence-electron chi connectivity index (χ0n) is 11.4. The quantitative estimate of drug-likeness (QED) is 0.794. The highest BCUT2D eigenvalue weighted by molar-refractivity contribution is 5.77. The molecule has 0 radical (unpaired) electrons. The molecule has 1 aromatic rings. The van der Waals surface area contributed by atoms with Crippen LogP contribution >= 0.6 is 0 Å². The molecule has 1 atom stereocenters. The minimum atomic E-state index is -0.899. The molecule has 0 aliphatic heterocycles. The van der Waals surface area contributed by atoms with Crippen molar-refractivity contribution in [1.82, 2.24) is 5.32 Å². The molecule has 0 aliphatic rings. The third-order valence-corrected chi connectivity index (χ3v) is 3.10. The molecule has 0 bridgehead atoms. The maximum atomic E-state index is 11.8. The van der Waals surface area contributed by atoms with Gasteiger partial charge in [-0.1, -0.05) is 44.2 Å². The summed E-state index contributed by atoms with van der Waals surface area (Å²) in [6.07, 6.45) is 0.352. The fraction of sp³-hybridized carbons (Fsp3) is 0.467. The molecule has 0 aliphatic carbocycles. The second-order valence-corrected chi connectivity index (χ2v) is 4.96. The molecule has 19 heavy (non-hydrogen) atoms. The fourth-order valence-corrected chi connectivity index (χ4v) is 2.02. The highest BCUT2D eigenvalue weighted by Gasteiger charge is 2.19. The third kappa shape index (κ3) is 5.55. The lowest BCUT2D eigenvalue weighted by Crippen LogP contribution is -2.28. The van der Waals surface area contributed by atoms with Gasteiger partial charge in [-0.2, -0.15) is 0 Å². The number of carboxylic acid groups (broad SMARTS) is 1. The van der Waals surface area contributed by atoms with Gasteiger partial charge in [0.15, 0.2) is 0 Å². The first-order chi connectivity index (χ1) is 9.00. The average Bonchev–Trinajstić information content (AvgIpc) is 2.36. The minimum absolute atomic E-state index is 0.0383. The summed E-state index contributed by atoms with van der Waals surface area (Å²) in [7, 11) is 0. The van der Waals surface area contributed by atoms with Gasteiger partial charge in [-0.15, -0.1) is 0 Å². The summed E-state index contributed by atoms with van der Waals surface area (Å²) in [4.78, 5) is 22.2. The van der Waals surface area contributed by atoms with Gasteiger partial charge in [-0.3, -0.25) is 9.59 Å². The molecule has 4 nitrogen and oxygen atoms in total. The second-order valence-electron chi connectivity index (χ2n) is 4.96. The van der Waals surface area contributed by atoms with E-state index in [9.17, 15) is 9.59 Å². The van der Waals surface area contributed by atoms with Gasteiger partial charge in [-0.05, 0) is 17.4 Å². The number of carbonyl (C=O) groups excluding carboxylic acids is 1. The van der Waals surface area contributed by atoms with Gasteiger partial charge in [0.2, 0.25) is 5.91 Å². The van der Waals surface area contributed by atoms with Crippen molar-refractivity contribution in [2.45, 2.75) is 32.6 Å². The van der Waals surface area contributed by atoms with Crippen molar-refractivity contribution < 1.29 is 14.7 Å². The molecular weight excluding hydrogens is 242 g/mol. The lowest BCUT2D eigenvalue weighted by Gasteiger charge is -2.20. The van der Waals surface area contributed by atoms with Crippen LogP contribution in [0.2, 0.25) is 0 Å². The summed E-state index contributed by atoms with van der Waals surface area (Å²) in [5.41, 5.74) is 1.14. The Kier molecular flexibility index (Phi) is 6.06. The van der Waals surface area contributed by atoms with Gasteiger partial charge in [-0.25, -0.2) is 0 Å². The van der Waals surface area contributed by atoms with Crippen molar-refractivity contribution >= 4 is 11.9 Å². The Morgan fingerprint density at radius 3 is 2.37 bits per heavy atom. The summed E-state index contributed by atoms with van der Waals surface area (Å²) >= 11 is 0. The molecule has 1 amide bonds. The SMILES string of the molecule is CC(C)C(CC(=O)NCCC(=O)O)c1ccccc1. The Hall–Kier alpha value is -1.84. The number of benzene rings is 1. The largest absolute Gasteiger partial charge is 0.481 e. The van der Waals surface area contributed by atoms with Gasteiger partial charge in [0.25, 0.3) is 0 Å². The Balaban J connectivity index is 2.55. The van der Waals surface area contributed by atoms with Crippen LogP contribution in [0.25, 0.3) is 0 Å². The van der Waals surface area contributed by atoms with E-state index in [2.05, 4.69) is 19.2 Å². The number of rotatable bonds is 7. The third-order valence-electron chi connectivity index (χ3n) is 3.10. The van der Waals surface area contributed by atoms with Crippen molar-refractivity contribution in [3.8, 4) is 0 Å². The number of aliphatic carboxylic acids is 1. The van der Waals surface area contributed by atoms with Crippen LogP contribution in [-0.4, -0.2) is 23.5 Å². The number of hydrogen-bond donors (Lipinski definition) is 2. The molecule has 104 valence electrons. The number of carbonyl (C=O) groups is 2. The highest BCUT2D eigenvalue weighted by Crippen LogP contribution is 2.27. The molecule has 4 heteroatoms. The molecular formula is C15H21NO3. The van der Waals surface area contributed by atoms with Crippen LogP contribution in [0, 0.1) is 5.92 Å². The Morgan fingerprint density at radius 1 is 1.21 bits per heavy atom. The van der Waals surface area contributed by atoms with E-state index in [-0.39, 0.29) is 24.8 Å². The van der Waals surface area contributed by atoms with Gasteiger partial charge in [0, 0.05) is 13.0 Å². The first-order valence-electron chi connectivity index (χ1n) is 6.54. The van der Waals surface area contributed by atoms with Gasteiger partial charge in [0.05, 0.1) is 6.42 Å². The van der Waals surface area contributed by atoms with Crippen molar-refractivity contribution in [1.29, 1.82) is 0 Å². The van der Waals surface area contributed by atoms with Crippen LogP contribution < -0.4 is 5.32 Å². The fourth-order valence-electron chi connectivity index (χ4n) is 2.02. The monoisotopic (exact) mass is 263 g/mol. The van der Waals surface area contributed by atoms with Gasteiger partial charge in [0.1, 0.15) is 0 Å². The predicted octanol–water partition coefficient (Wildman–Crippen LogP) is 2.41. The van der Waals surface area contributed by atoms with Crippen molar-refractivity contribution in [3.05, 3.63) is 35.9 Å². The van der Waals surface area contributed by atoms with Crippen molar-refractivity contribution in [2.75, 3.05) is 6.54 Å². The minimum Gasteiger partial charge on any atom is -0.481 e. The predicted molar refractivity (Wildman–Crippen MR) is 73.9 cm³/mol. The number of carboxylic acids is 1. The molecule has 1 unspecified atom stereocenters. The van der Waals surface area contributed by atoms with E-state index in [0.717, 1.165) is 5.56 Å².